The molecule has 2 aromatic heterocycles. The highest BCUT2D eigenvalue weighted by Crippen LogP contribution is 2.30. The second-order valence-electron chi connectivity index (χ2n) is 13.2. The number of nitrogens with one attached hydrogen (secondary N) is 1. The van der Waals surface area contributed by atoms with Gasteiger partial charge in [-0.25, -0.2) is 4.98 Å². The molecular formula is C38H42N8O2. The molecule has 3 aromatic carbocycles. The third kappa shape index (κ3) is 6.75. The Morgan fingerprint density at radius 1 is 0.896 bits per heavy atom. The molecule has 7 rings (SSSR count). The van der Waals surface area contributed by atoms with Gasteiger partial charge in [-0.3, -0.25) is 14.3 Å². The molecule has 0 aliphatic carbocycles. The standard InChI is InChI=1S/C38H42N8O2/c1-43-15-13-33(14-16-43)46(23-26-6-4-3-5-7-26)34-11-10-27-18-29(9-8-28(27)19-34)38(48)45-17-12-32(25-45)42-37(47)35-20-30(21-40-36(35)39)31-22-41-44(2)24-31/h3-11,18-22,24,32-33H,12-17,23,25H2,1-2H3,(H2,39,40)(H,42,47)/t32-/m1/s1. The minimum Gasteiger partial charge on any atom is -0.383 e. The Hall–Kier alpha value is -5.22. The Morgan fingerprint density at radius 3 is 2.44 bits per heavy atom. The van der Waals surface area contributed by atoms with Crippen LogP contribution in [0.1, 0.15) is 45.5 Å². The Morgan fingerprint density at radius 2 is 1.67 bits per heavy atom. The number of likely N-dealkylation sites (tertiary alicyclic amines) is 2. The number of nitrogen functional groups attached to an aromatic ring is 1. The average molecular weight is 643 g/mol. The van der Waals surface area contributed by atoms with Crippen LogP contribution in [0.4, 0.5) is 11.5 Å². The molecule has 10 nitrogen and oxygen atoms in total. The molecule has 48 heavy (non-hydrogen) atoms. The molecule has 10 heteroatoms. The maximum atomic E-state index is 13.6. The molecule has 2 amide bonds. The highest BCUT2D eigenvalue weighted by molar-refractivity contribution is 6.01. The van der Waals surface area contributed by atoms with Crippen LogP contribution in [0.5, 0.6) is 0 Å². The van der Waals surface area contributed by atoms with Gasteiger partial charge in [0.1, 0.15) is 5.82 Å². The summed E-state index contributed by atoms with van der Waals surface area (Å²) in [6.07, 6.45) is 8.15. The molecule has 0 spiro atoms. The van der Waals surface area contributed by atoms with Gasteiger partial charge in [-0.15, -0.1) is 0 Å². The van der Waals surface area contributed by atoms with Crippen molar-refractivity contribution in [3.63, 3.8) is 0 Å². The summed E-state index contributed by atoms with van der Waals surface area (Å²) in [5.74, 6) is -0.164. The van der Waals surface area contributed by atoms with E-state index in [4.69, 9.17) is 5.73 Å². The van der Waals surface area contributed by atoms with E-state index in [1.807, 2.05) is 30.3 Å². The number of anilines is 2. The van der Waals surface area contributed by atoms with Crippen molar-refractivity contribution >= 4 is 34.1 Å². The predicted octanol–water partition coefficient (Wildman–Crippen LogP) is 4.96. The number of hydrogen-bond acceptors (Lipinski definition) is 7. The Balaban J connectivity index is 1.03. The van der Waals surface area contributed by atoms with Crippen molar-refractivity contribution in [1.29, 1.82) is 0 Å². The van der Waals surface area contributed by atoms with Crippen molar-refractivity contribution in [2.24, 2.45) is 7.05 Å². The molecule has 2 aliphatic rings. The van der Waals surface area contributed by atoms with Gasteiger partial charge in [-0.2, -0.15) is 5.10 Å². The van der Waals surface area contributed by atoms with E-state index in [1.54, 1.807) is 23.1 Å². The first-order valence-electron chi connectivity index (χ1n) is 16.7. The number of benzene rings is 3. The molecule has 2 saturated heterocycles. The van der Waals surface area contributed by atoms with E-state index in [0.717, 1.165) is 54.4 Å². The summed E-state index contributed by atoms with van der Waals surface area (Å²) in [7, 11) is 4.03. The molecule has 2 fully saturated rings. The van der Waals surface area contributed by atoms with E-state index in [2.05, 4.69) is 86.8 Å². The van der Waals surface area contributed by atoms with Gasteiger partial charge in [0.2, 0.25) is 0 Å². The third-order valence-corrected chi connectivity index (χ3v) is 9.74. The van der Waals surface area contributed by atoms with Crippen molar-refractivity contribution in [2.75, 3.05) is 43.9 Å². The minimum atomic E-state index is -0.298. The Kier molecular flexibility index (Phi) is 8.82. The fourth-order valence-electron chi connectivity index (χ4n) is 6.96. The van der Waals surface area contributed by atoms with Crippen molar-refractivity contribution in [3.05, 3.63) is 108 Å². The van der Waals surface area contributed by atoms with E-state index in [9.17, 15) is 9.59 Å². The second-order valence-corrected chi connectivity index (χ2v) is 13.2. The lowest BCUT2D eigenvalue weighted by Crippen LogP contribution is -2.43. The number of carbonyl (C=O) groups is 2. The smallest absolute Gasteiger partial charge is 0.255 e. The van der Waals surface area contributed by atoms with E-state index >= 15 is 0 Å². The van der Waals surface area contributed by atoms with Crippen LogP contribution in [0.3, 0.4) is 0 Å². The molecule has 246 valence electrons. The highest BCUT2D eigenvalue weighted by Gasteiger charge is 2.29. The number of rotatable bonds is 8. The molecule has 4 heterocycles. The van der Waals surface area contributed by atoms with Crippen LogP contribution in [0, 0.1) is 0 Å². The number of amides is 2. The number of nitrogens with zero attached hydrogens (tertiary/aromatic N) is 6. The van der Waals surface area contributed by atoms with E-state index in [1.165, 1.54) is 11.3 Å². The molecule has 0 radical (unpaired) electrons. The van der Waals surface area contributed by atoms with E-state index in [-0.39, 0.29) is 23.7 Å². The van der Waals surface area contributed by atoms with Crippen LogP contribution < -0.4 is 16.0 Å². The summed E-state index contributed by atoms with van der Waals surface area (Å²) in [5, 5.41) is 9.42. The van der Waals surface area contributed by atoms with Gasteiger partial charge in [0.25, 0.3) is 11.8 Å². The minimum absolute atomic E-state index is 0.0329. The lowest BCUT2D eigenvalue weighted by Gasteiger charge is -2.39. The predicted molar refractivity (Wildman–Crippen MR) is 190 cm³/mol. The molecule has 2 aliphatic heterocycles. The summed E-state index contributed by atoms with van der Waals surface area (Å²) in [6.45, 7) is 4.06. The van der Waals surface area contributed by atoms with Gasteiger partial charge in [-0.05, 0) is 86.1 Å². The van der Waals surface area contributed by atoms with Gasteiger partial charge in [0.15, 0.2) is 0 Å². The summed E-state index contributed by atoms with van der Waals surface area (Å²) < 4.78 is 1.69. The Labute approximate surface area is 281 Å². The zero-order valence-corrected chi connectivity index (χ0v) is 27.5. The third-order valence-electron chi connectivity index (χ3n) is 9.74. The number of aryl methyl sites for hydroxylation is 1. The van der Waals surface area contributed by atoms with Gasteiger partial charge in [0, 0.05) is 73.5 Å². The number of pyridine rings is 1. The zero-order valence-electron chi connectivity index (χ0n) is 27.5. The molecule has 3 N–H and O–H groups in total. The first-order chi connectivity index (χ1) is 23.3. The van der Waals surface area contributed by atoms with Gasteiger partial charge < -0.3 is 25.8 Å². The zero-order chi connectivity index (χ0) is 33.2. The number of aromatic nitrogens is 3. The maximum Gasteiger partial charge on any atom is 0.255 e. The first kappa shape index (κ1) is 31.4. The van der Waals surface area contributed by atoms with Crippen molar-refractivity contribution in [2.45, 2.75) is 37.9 Å². The lowest BCUT2D eigenvalue weighted by atomic mass is 10.00. The molecule has 0 bridgehead atoms. The van der Waals surface area contributed by atoms with Crippen LogP contribution in [-0.4, -0.2) is 81.7 Å². The SMILES string of the molecule is CN1CCC(N(Cc2ccccc2)c2ccc3cc(C(=O)N4CC[C@@H](NC(=O)c5cc(-c6cnn(C)c6)cnc5N)C4)ccc3c2)CC1. The number of hydrogen-bond donors (Lipinski definition) is 2. The van der Waals surface area contributed by atoms with Crippen LogP contribution in [0.15, 0.2) is 91.4 Å². The number of fused-ring (bicyclic) bond motifs is 1. The fraction of sp³-hybridized carbons (Fsp3) is 0.316. The van der Waals surface area contributed by atoms with Crippen molar-refractivity contribution < 1.29 is 9.59 Å². The number of carbonyl (C=O) groups excluding carboxylic acids is 2. The Bertz CT molecular complexity index is 1930. The average Bonchev–Trinajstić information content (AvgIpc) is 3.76. The summed E-state index contributed by atoms with van der Waals surface area (Å²) in [5.41, 5.74) is 11.2. The quantitative estimate of drug-likeness (QED) is 0.246. The topological polar surface area (TPSA) is 113 Å². The maximum absolute atomic E-state index is 13.6. The molecular weight excluding hydrogens is 600 g/mol. The van der Waals surface area contributed by atoms with Gasteiger partial charge in [-0.1, -0.05) is 42.5 Å². The van der Waals surface area contributed by atoms with Gasteiger partial charge in [0.05, 0.1) is 11.8 Å². The number of piperidine rings is 1. The molecule has 5 aromatic rings. The van der Waals surface area contributed by atoms with E-state index < -0.39 is 0 Å². The molecule has 0 unspecified atom stereocenters. The monoisotopic (exact) mass is 642 g/mol. The van der Waals surface area contributed by atoms with Gasteiger partial charge >= 0.3 is 0 Å². The van der Waals surface area contributed by atoms with Crippen LogP contribution in [0.2, 0.25) is 0 Å². The molecule has 1 atom stereocenters. The molecule has 0 saturated carbocycles. The summed E-state index contributed by atoms with van der Waals surface area (Å²) >= 11 is 0. The van der Waals surface area contributed by atoms with Crippen LogP contribution in [0.25, 0.3) is 21.9 Å². The van der Waals surface area contributed by atoms with Crippen LogP contribution in [-0.2, 0) is 13.6 Å². The summed E-state index contributed by atoms with van der Waals surface area (Å²) in [6, 6.07) is 25.3. The van der Waals surface area contributed by atoms with Crippen molar-refractivity contribution in [3.8, 4) is 11.1 Å². The number of nitrogens with two attached hydrogens (primary N) is 1. The van der Waals surface area contributed by atoms with E-state index in [0.29, 0.717) is 36.7 Å². The summed E-state index contributed by atoms with van der Waals surface area (Å²) in [4.78, 5) is 37.9. The lowest BCUT2D eigenvalue weighted by molar-refractivity contribution is 0.0783. The fourth-order valence-corrected chi connectivity index (χ4v) is 6.96. The second kappa shape index (κ2) is 13.5. The van der Waals surface area contributed by atoms with Crippen LogP contribution >= 0.6 is 0 Å². The normalized spacial score (nSPS) is 17.1. The highest BCUT2D eigenvalue weighted by atomic mass is 16.2. The van der Waals surface area contributed by atoms with Crippen molar-refractivity contribution in [1.82, 2.24) is 29.9 Å². The first-order valence-corrected chi connectivity index (χ1v) is 16.7. The largest absolute Gasteiger partial charge is 0.383 e.